The lowest BCUT2D eigenvalue weighted by atomic mass is 10.3. The summed E-state index contributed by atoms with van der Waals surface area (Å²) in [6.07, 6.45) is 5.38. The van der Waals surface area contributed by atoms with E-state index in [4.69, 9.17) is 0 Å². The molecule has 0 aliphatic carbocycles. The van der Waals surface area contributed by atoms with Crippen LogP contribution in [0.5, 0.6) is 0 Å². The van der Waals surface area contributed by atoms with Crippen molar-refractivity contribution in [3.05, 3.63) is 36.3 Å². The molecule has 0 radical (unpaired) electrons. The van der Waals surface area contributed by atoms with Gasteiger partial charge in [0.1, 0.15) is 0 Å². The molecule has 0 bridgehead atoms. The molecule has 0 amide bonds. The minimum Gasteiger partial charge on any atom is -0.363 e. The first-order valence-corrected chi connectivity index (χ1v) is 4.34. The van der Waals surface area contributed by atoms with Crippen molar-refractivity contribution in [1.82, 2.24) is 20.0 Å². The van der Waals surface area contributed by atoms with E-state index in [9.17, 15) is 0 Å². The largest absolute Gasteiger partial charge is 0.363 e. The highest BCUT2D eigenvalue weighted by molar-refractivity contribution is 5.30. The molecule has 14 heavy (non-hydrogen) atoms. The Morgan fingerprint density at radius 2 is 2.14 bits per heavy atom. The van der Waals surface area contributed by atoms with Gasteiger partial charge in [-0.25, -0.2) is 0 Å². The molecule has 0 fully saturated rings. The second kappa shape index (κ2) is 3.87. The number of rotatable bonds is 3. The monoisotopic (exact) mass is 189 g/mol. The van der Waals surface area contributed by atoms with Crippen LogP contribution in [0.1, 0.15) is 5.56 Å². The summed E-state index contributed by atoms with van der Waals surface area (Å²) in [5.74, 6) is 0.782. The molecule has 5 heteroatoms. The summed E-state index contributed by atoms with van der Waals surface area (Å²) in [5.41, 5.74) is 1.17. The number of anilines is 1. The Hall–Kier alpha value is -1.91. The van der Waals surface area contributed by atoms with Gasteiger partial charge in [0, 0.05) is 26.0 Å². The van der Waals surface area contributed by atoms with Crippen molar-refractivity contribution in [2.75, 3.05) is 5.32 Å². The Balaban J connectivity index is 1.95. The number of pyridine rings is 1. The SMILES string of the molecule is Cn1cc(NCc2ccncc2)nn1. The molecule has 1 N–H and O–H groups in total. The Morgan fingerprint density at radius 3 is 2.79 bits per heavy atom. The van der Waals surface area contributed by atoms with Crippen LogP contribution in [0.3, 0.4) is 0 Å². The van der Waals surface area contributed by atoms with E-state index in [2.05, 4.69) is 20.6 Å². The zero-order chi connectivity index (χ0) is 9.80. The van der Waals surface area contributed by atoms with Crippen molar-refractivity contribution < 1.29 is 0 Å². The van der Waals surface area contributed by atoms with Crippen LogP contribution in [-0.2, 0) is 13.6 Å². The molecule has 2 aromatic heterocycles. The Kier molecular flexibility index (Phi) is 2.40. The number of aromatic nitrogens is 4. The second-order valence-corrected chi connectivity index (χ2v) is 2.99. The van der Waals surface area contributed by atoms with Crippen LogP contribution in [0.2, 0.25) is 0 Å². The number of nitrogens with one attached hydrogen (secondary N) is 1. The van der Waals surface area contributed by atoms with Gasteiger partial charge < -0.3 is 5.32 Å². The lowest BCUT2D eigenvalue weighted by molar-refractivity contribution is 0.715. The van der Waals surface area contributed by atoms with Gasteiger partial charge in [-0.3, -0.25) is 9.67 Å². The van der Waals surface area contributed by atoms with E-state index in [-0.39, 0.29) is 0 Å². The molecule has 0 atom stereocenters. The first kappa shape index (κ1) is 8.68. The summed E-state index contributed by atoms with van der Waals surface area (Å²) in [7, 11) is 1.84. The zero-order valence-electron chi connectivity index (χ0n) is 7.88. The summed E-state index contributed by atoms with van der Waals surface area (Å²) in [4.78, 5) is 3.94. The van der Waals surface area contributed by atoms with Crippen molar-refractivity contribution in [2.45, 2.75) is 6.54 Å². The molecule has 0 aliphatic rings. The van der Waals surface area contributed by atoms with Gasteiger partial charge in [-0.2, -0.15) is 0 Å². The average Bonchev–Trinajstić information content (AvgIpc) is 2.63. The van der Waals surface area contributed by atoms with E-state index in [0.29, 0.717) is 0 Å². The molecule has 0 spiro atoms. The van der Waals surface area contributed by atoms with E-state index in [1.54, 1.807) is 17.1 Å². The van der Waals surface area contributed by atoms with Crippen LogP contribution in [0, 0.1) is 0 Å². The van der Waals surface area contributed by atoms with E-state index < -0.39 is 0 Å². The van der Waals surface area contributed by atoms with Gasteiger partial charge in [-0.1, -0.05) is 5.21 Å². The maximum atomic E-state index is 3.94. The smallest absolute Gasteiger partial charge is 0.168 e. The topological polar surface area (TPSA) is 55.6 Å². The summed E-state index contributed by atoms with van der Waals surface area (Å²) in [6, 6.07) is 3.92. The normalized spacial score (nSPS) is 10.1. The van der Waals surface area contributed by atoms with Crippen LogP contribution >= 0.6 is 0 Å². The Morgan fingerprint density at radius 1 is 1.36 bits per heavy atom. The molecular formula is C9H11N5. The van der Waals surface area contributed by atoms with E-state index in [1.165, 1.54) is 5.56 Å². The fourth-order valence-corrected chi connectivity index (χ4v) is 1.12. The van der Waals surface area contributed by atoms with Crippen molar-refractivity contribution >= 4 is 5.82 Å². The van der Waals surface area contributed by atoms with Crippen molar-refractivity contribution in [1.29, 1.82) is 0 Å². The summed E-state index contributed by atoms with van der Waals surface area (Å²) in [5, 5.41) is 10.9. The van der Waals surface area contributed by atoms with Crippen molar-refractivity contribution in [3.63, 3.8) is 0 Å². The van der Waals surface area contributed by atoms with Gasteiger partial charge in [0.15, 0.2) is 5.82 Å². The second-order valence-electron chi connectivity index (χ2n) is 2.99. The lowest BCUT2D eigenvalue weighted by Crippen LogP contribution is -1.99. The van der Waals surface area contributed by atoms with Crippen molar-refractivity contribution in [2.24, 2.45) is 7.05 Å². The van der Waals surface area contributed by atoms with Gasteiger partial charge in [-0.05, 0) is 17.7 Å². The third-order valence-corrected chi connectivity index (χ3v) is 1.83. The molecular weight excluding hydrogens is 178 g/mol. The van der Waals surface area contributed by atoms with Crippen LogP contribution in [-0.4, -0.2) is 20.0 Å². The Labute approximate surface area is 81.8 Å². The van der Waals surface area contributed by atoms with Gasteiger partial charge in [0.05, 0.1) is 6.20 Å². The number of nitrogens with zero attached hydrogens (tertiary/aromatic N) is 4. The predicted octanol–water partition coefficient (Wildman–Crippen LogP) is 0.822. The van der Waals surface area contributed by atoms with Gasteiger partial charge in [-0.15, -0.1) is 5.10 Å². The molecule has 2 heterocycles. The molecule has 72 valence electrons. The zero-order valence-corrected chi connectivity index (χ0v) is 7.88. The number of hydrogen-bond donors (Lipinski definition) is 1. The molecule has 2 aromatic rings. The summed E-state index contributed by atoms with van der Waals surface area (Å²) >= 11 is 0. The fourth-order valence-electron chi connectivity index (χ4n) is 1.12. The third kappa shape index (κ3) is 2.07. The molecule has 2 rings (SSSR count). The van der Waals surface area contributed by atoms with Crippen molar-refractivity contribution in [3.8, 4) is 0 Å². The first-order valence-electron chi connectivity index (χ1n) is 4.34. The van der Waals surface area contributed by atoms with Gasteiger partial charge >= 0.3 is 0 Å². The minimum atomic E-state index is 0.737. The molecule has 0 aromatic carbocycles. The third-order valence-electron chi connectivity index (χ3n) is 1.83. The molecule has 0 aliphatic heterocycles. The Bertz CT molecular complexity index is 395. The van der Waals surface area contributed by atoms with E-state index >= 15 is 0 Å². The minimum absolute atomic E-state index is 0.737. The number of aryl methyl sites for hydroxylation is 1. The quantitative estimate of drug-likeness (QED) is 0.776. The van der Waals surface area contributed by atoms with E-state index in [0.717, 1.165) is 12.4 Å². The highest BCUT2D eigenvalue weighted by Crippen LogP contribution is 2.02. The summed E-state index contributed by atoms with van der Waals surface area (Å²) < 4.78 is 1.66. The lowest BCUT2D eigenvalue weighted by Gasteiger charge is -2.00. The van der Waals surface area contributed by atoms with Gasteiger partial charge in [0.25, 0.3) is 0 Å². The highest BCUT2D eigenvalue weighted by atomic mass is 15.4. The van der Waals surface area contributed by atoms with Crippen LogP contribution in [0.15, 0.2) is 30.7 Å². The van der Waals surface area contributed by atoms with Crippen LogP contribution in [0.25, 0.3) is 0 Å². The predicted molar refractivity (Wildman–Crippen MR) is 52.6 cm³/mol. The fraction of sp³-hybridized carbons (Fsp3) is 0.222. The maximum absolute atomic E-state index is 3.94. The maximum Gasteiger partial charge on any atom is 0.168 e. The standard InChI is InChI=1S/C9H11N5/c1-14-7-9(12-13-14)11-6-8-2-4-10-5-3-8/h2-5,7,11H,6H2,1H3. The highest BCUT2D eigenvalue weighted by Gasteiger charge is 1.96. The molecule has 0 saturated heterocycles. The first-order chi connectivity index (χ1) is 6.84. The number of hydrogen-bond acceptors (Lipinski definition) is 4. The van der Waals surface area contributed by atoms with Gasteiger partial charge in [0.2, 0.25) is 0 Å². The average molecular weight is 189 g/mol. The molecule has 5 nitrogen and oxygen atoms in total. The van der Waals surface area contributed by atoms with Crippen LogP contribution in [0.4, 0.5) is 5.82 Å². The van der Waals surface area contributed by atoms with Crippen LogP contribution < -0.4 is 5.32 Å². The summed E-state index contributed by atoms with van der Waals surface area (Å²) in [6.45, 7) is 0.737. The molecule has 0 saturated carbocycles. The molecule has 0 unspecified atom stereocenters. The van der Waals surface area contributed by atoms with E-state index in [1.807, 2.05) is 25.4 Å².